The van der Waals surface area contributed by atoms with E-state index in [1.165, 1.54) is 33.8 Å². The number of nitrogens with zero attached hydrogens (tertiary/aromatic N) is 3. The van der Waals surface area contributed by atoms with Gasteiger partial charge in [-0.3, -0.25) is 14.9 Å². The molecular weight excluding hydrogens is 438 g/mol. The highest BCUT2D eigenvalue weighted by atomic mass is 32.2. The SMILES string of the molecule is CCN(CC)S(=O)(=O)c1ccc2[nH]c(=O)cc(C(=O)Nc3nnc(CC(C)C)s3)c2c1. The Kier molecular flexibility index (Phi) is 6.87. The molecule has 3 rings (SSSR count). The van der Waals surface area contributed by atoms with Crippen LogP contribution in [0.5, 0.6) is 0 Å². The number of aromatic amines is 1. The van der Waals surface area contributed by atoms with Crippen molar-refractivity contribution >= 4 is 43.3 Å². The Balaban J connectivity index is 2.02. The van der Waals surface area contributed by atoms with Gasteiger partial charge in [-0.25, -0.2) is 8.42 Å². The molecule has 0 bridgehead atoms. The van der Waals surface area contributed by atoms with Crippen molar-refractivity contribution < 1.29 is 13.2 Å². The lowest BCUT2D eigenvalue weighted by atomic mass is 10.1. The van der Waals surface area contributed by atoms with Gasteiger partial charge in [-0.15, -0.1) is 10.2 Å². The Bertz CT molecular complexity index is 1260. The zero-order valence-corrected chi connectivity index (χ0v) is 19.4. The summed E-state index contributed by atoms with van der Waals surface area (Å²) in [4.78, 5) is 27.7. The Morgan fingerprint density at radius 2 is 1.90 bits per heavy atom. The van der Waals surface area contributed by atoms with Gasteiger partial charge in [0.2, 0.25) is 20.7 Å². The molecule has 0 fully saturated rings. The number of nitrogens with one attached hydrogen (secondary N) is 2. The van der Waals surface area contributed by atoms with Crippen molar-refractivity contribution in [2.45, 2.75) is 39.0 Å². The standard InChI is InChI=1S/C20H25N5O4S2/c1-5-25(6-2)31(28,29)13-7-8-16-14(10-13)15(11-17(26)21-16)19(27)22-20-24-23-18(30-20)9-12(3)4/h7-8,10-12H,5-6,9H2,1-4H3,(H,21,26)(H,22,24,27). The summed E-state index contributed by atoms with van der Waals surface area (Å²) < 4.78 is 27.1. The lowest BCUT2D eigenvalue weighted by Gasteiger charge is -2.18. The molecule has 0 saturated heterocycles. The molecule has 1 amide bonds. The van der Waals surface area contributed by atoms with Crippen LogP contribution >= 0.6 is 11.3 Å². The van der Waals surface area contributed by atoms with Crippen molar-refractivity contribution in [3.63, 3.8) is 0 Å². The van der Waals surface area contributed by atoms with Crippen LogP contribution in [0.25, 0.3) is 10.9 Å². The third kappa shape index (κ3) is 5.00. The largest absolute Gasteiger partial charge is 0.322 e. The number of anilines is 1. The fourth-order valence-corrected chi connectivity index (χ4v) is 5.63. The number of benzene rings is 1. The van der Waals surface area contributed by atoms with Gasteiger partial charge >= 0.3 is 0 Å². The van der Waals surface area contributed by atoms with Crippen molar-refractivity contribution in [3.8, 4) is 0 Å². The number of hydrogen-bond donors (Lipinski definition) is 2. The predicted octanol–water partition coefficient (Wildman–Crippen LogP) is 2.86. The molecule has 31 heavy (non-hydrogen) atoms. The van der Waals surface area contributed by atoms with E-state index in [2.05, 4.69) is 34.3 Å². The highest BCUT2D eigenvalue weighted by molar-refractivity contribution is 7.89. The molecule has 2 heterocycles. The van der Waals surface area contributed by atoms with Crippen LogP contribution in [0, 0.1) is 5.92 Å². The van der Waals surface area contributed by atoms with Crippen LogP contribution < -0.4 is 10.9 Å². The van der Waals surface area contributed by atoms with Gasteiger partial charge in [-0.2, -0.15) is 4.31 Å². The summed E-state index contributed by atoms with van der Waals surface area (Å²) in [6.07, 6.45) is 0.744. The fourth-order valence-electron chi connectivity index (χ4n) is 3.19. The molecule has 0 saturated carbocycles. The molecular formula is C20H25N5O4S2. The number of amides is 1. The van der Waals surface area contributed by atoms with Gasteiger partial charge in [0, 0.05) is 36.5 Å². The minimum Gasteiger partial charge on any atom is -0.322 e. The lowest BCUT2D eigenvalue weighted by Crippen LogP contribution is -2.30. The highest BCUT2D eigenvalue weighted by Gasteiger charge is 2.23. The normalized spacial score (nSPS) is 12.1. The van der Waals surface area contributed by atoms with Crippen LogP contribution in [-0.4, -0.2) is 46.9 Å². The van der Waals surface area contributed by atoms with E-state index in [-0.39, 0.29) is 10.5 Å². The maximum absolute atomic E-state index is 12.9. The van der Waals surface area contributed by atoms with Gasteiger partial charge in [-0.05, 0) is 24.1 Å². The van der Waals surface area contributed by atoms with E-state index in [1.807, 2.05) is 0 Å². The average Bonchev–Trinajstić information content (AvgIpc) is 3.13. The molecule has 3 aromatic rings. The van der Waals surface area contributed by atoms with Crippen LogP contribution in [0.15, 0.2) is 34.0 Å². The van der Waals surface area contributed by atoms with Crippen LogP contribution in [0.3, 0.4) is 0 Å². The number of carbonyl (C=O) groups is 1. The molecule has 2 N–H and O–H groups in total. The predicted molar refractivity (Wildman–Crippen MR) is 121 cm³/mol. The summed E-state index contributed by atoms with van der Waals surface area (Å²) in [5.74, 6) is -0.153. The molecule has 0 aliphatic carbocycles. The van der Waals surface area contributed by atoms with E-state index in [1.54, 1.807) is 13.8 Å². The molecule has 11 heteroatoms. The second-order valence-corrected chi connectivity index (χ2v) is 10.4. The molecule has 1 aromatic carbocycles. The first-order valence-electron chi connectivity index (χ1n) is 9.96. The molecule has 2 aromatic heterocycles. The fraction of sp³-hybridized carbons (Fsp3) is 0.400. The van der Waals surface area contributed by atoms with E-state index in [4.69, 9.17) is 0 Å². The van der Waals surface area contributed by atoms with E-state index in [0.29, 0.717) is 35.0 Å². The van der Waals surface area contributed by atoms with Crippen molar-refractivity contribution in [1.29, 1.82) is 0 Å². The van der Waals surface area contributed by atoms with Gasteiger partial charge in [0.15, 0.2) is 0 Å². The summed E-state index contributed by atoms with van der Waals surface area (Å²) in [6.45, 7) is 8.29. The van der Waals surface area contributed by atoms with E-state index < -0.39 is 21.5 Å². The number of rotatable bonds is 8. The number of H-pyrrole nitrogens is 1. The Morgan fingerprint density at radius 1 is 1.19 bits per heavy atom. The van der Waals surface area contributed by atoms with Gasteiger partial charge in [-0.1, -0.05) is 39.0 Å². The summed E-state index contributed by atoms with van der Waals surface area (Å²) in [6, 6.07) is 5.49. The summed E-state index contributed by atoms with van der Waals surface area (Å²) >= 11 is 1.27. The van der Waals surface area contributed by atoms with Crippen LogP contribution in [-0.2, 0) is 16.4 Å². The van der Waals surface area contributed by atoms with Gasteiger partial charge in [0.25, 0.3) is 5.91 Å². The van der Waals surface area contributed by atoms with Crippen molar-refractivity contribution in [1.82, 2.24) is 19.5 Å². The van der Waals surface area contributed by atoms with Gasteiger partial charge < -0.3 is 4.98 Å². The van der Waals surface area contributed by atoms with Crippen molar-refractivity contribution in [2.75, 3.05) is 18.4 Å². The summed E-state index contributed by atoms with van der Waals surface area (Å²) in [5, 5.41) is 12.2. The van der Waals surface area contributed by atoms with Crippen LogP contribution in [0.4, 0.5) is 5.13 Å². The van der Waals surface area contributed by atoms with Crippen LogP contribution in [0.1, 0.15) is 43.1 Å². The van der Waals surface area contributed by atoms with Crippen molar-refractivity contribution in [3.05, 3.63) is 45.2 Å². The lowest BCUT2D eigenvalue weighted by molar-refractivity contribution is 0.102. The first kappa shape index (κ1) is 23.0. The molecule has 9 nitrogen and oxygen atoms in total. The maximum atomic E-state index is 12.9. The van der Waals surface area contributed by atoms with Crippen LogP contribution in [0.2, 0.25) is 0 Å². The molecule has 0 atom stereocenters. The number of aromatic nitrogens is 3. The number of sulfonamides is 1. The minimum absolute atomic E-state index is 0.0555. The Hall–Kier alpha value is -2.63. The molecule has 0 aliphatic rings. The maximum Gasteiger partial charge on any atom is 0.258 e. The van der Waals surface area contributed by atoms with Gasteiger partial charge in [0.1, 0.15) is 5.01 Å². The second-order valence-electron chi connectivity index (χ2n) is 7.40. The monoisotopic (exact) mass is 463 g/mol. The zero-order valence-electron chi connectivity index (χ0n) is 17.8. The Morgan fingerprint density at radius 3 is 2.55 bits per heavy atom. The third-order valence-corrected chi connectivity index (χ3v) is 7.58. The van der Waals surface area contributed by atoms with Crippen molar-refractivity contribution in [2.24, 2.45) is 5.92 Å². The van der Waals surface area contributed by atoms with E-state index in [9.17, 15) is 18.0 Å². The molecule has 166 valence electrons. The van der Waals surface area contributed by atoms with E-state index in [0.717, 1.165) is 17.5 Å². The highest BCUT2D eigenvalue weighted by Crippen LogP contribution is 2.24. The first-order valence-corrected chi connectivity index (χ1v) is 12.2. The minimum atomic E-state index is -3.72. The number of pyridine rings is 1. The number of hydrogen-bond acceptors (Lipinski definition) is 7. The summed E-state index contributed by atoms with van der Waals surface area (Å²) in [7, 11) is -3.72. The van der Waals surface area contributed by atoms with Gasteiger partial charge in [0.05, 0.1) is 10.5 Å². The molecule has 0 radical (unpaired) electrons. The second kappa shape index (κ2) is 9.25. The first-order chi connectivity index (χ1) is 14.6. The smallest absolute Gasteiger partial charge is 0.258 e. The summed E-state index contributed by atoms with van der Waals surface area (Å²) in [5.41, 5.74) is -0.0281. The third-order valence-electron chi connectivity index (χ3n) is 4.67. The topological polar surface area (TPSA) is 125 Å². The quantitative estimate of drug-likeness (QED) is 0.529. The molecule has 0 unspecified atom stereocenters. The average molecular weight is 464 g/mol. The zero-order chi connectivity index (χ0) is 22.8. The molecule has 0 aliphatic heterocycles. The Labute approximate surface area is 184 Å². The van der Waals surface area contributed by atoms with E-state index >= 15 is 0 Å². The molecule has 0 spiro atoms. The number of fused-ring (bicyclic) bond motifs is 1. The number of carbonyl (C=O) groups excluding carboxylic acids is 1.